The Labute approximate surface area is 241 Å². The highest BCUT2D eigenvalue weighted by Crippen LogP contribution is 2.38. The fraction of sp³-hybridized carbons (Fsp3) is 0.367. The molecule has 3 aromatic rings. The molecule has 3 atom stereocenters. The molecule has 40 heavy (non-hydrogen) atoms. The number of aliphatic hydroxyl groups excluding tert-OH is 1. The SMILES string of the molecule is CC(=O)O[C@H](c1cc(Br)c(CCCOCCO)o1)[C@H](Cc1ccccc1)C(=O)N1C(=O)OC[C@@H]1c1ccccc1. The van der Waals surface area contributed by atoms with Crippen LogP contribution in [0.3, 0.4) is 0 Å². The Morgan fingerprint density at radius 2 is 1.80 bits per heavy atom. The van der Waals surface area contributed by atoms with Crippen molar-refractivity contribution < 1.29 is 38.1 Å². The van der Waals surface area contributed by atoms with Crippen molar-refractivity contribution in [3.05, 3.63) is 93.9 Å². The fourth-order valence-electron chi connectivity index (χ4n) is 4.71. The topological polar surface area (TPSA) is 116 Å². The van der Waals surface area contributed by atoms with E-state index in [4.69, 9.17) is 23.7 Å². The van der Waals surface area contributed by atoms with E-state index in [2.05, 4.69) is 15.9 Å². The highest BCUT2D eigenvalue weighted by Gasteiger charge is 2.46. The number of carbonyl (C=O) groups is 3. The Kier molecular flexibility index (Phi) is 10.5. The molecule has 2 heterocycles. The molecule has 1 N–H and O–H groups in total. The van der Waals surface area contributed by atoms with Gasteiger partial charge in [0.05, 0.1) is 23.6 Å². The van der Waals surface area contributed by atoms with Crippen LogP contribution >= 0.6 is 15.9 Å². The molecule has 0 aliphatic carbocycles. The number of imide groups is 1. The smallest absolute Gasteiger partial charge is 0.417 e. The number of hydrogen-bond acceptors (Lipinski definition) is 8. The van der Waals surface area contributed by atoms with E-state index >= 15 is 0 Å². The minimum atomic E-state index is -1.11. The molecule has 212 valence electrons. The lowest BCUT2D eigenvalue weighted by molar-refractivity contribution is -0.155. The van der Waals surface area contributed by atoms with E-state index in [1.165, 1.54) is 6.92 Å². The molecule has 2 amide bonds. The van der Waals surface area contributed by atoms with E-state index in [-0.39, 0.29) is 32.0 Å². The van der Waals surface area contributed by atoms with Gasteiger partial charge in [-0.05, 0) is 46.0 Å². The third-order valence-electron chi connectivity index (χ3n) is 6.55. The van der Waals surface area contributed by atoms with E-state index < -0.39 is 36.0 Å². The Hall–Kier alpha value is -3.47. The first kappa shape index (κ1) is 29.5. The van der Waals surface area contributed by atoms with Crippen LogP contribution < -0.4 is 0 Å². The van der Waals surface area contributed by atoms with Crippen molar-refractivity contribution in [1.82, 2.24) is 4.90 Å². The largest absolute Gasteiger partial charge is 0.461 e. The number of rotatable bonds is 13. The highest BCUT2D eigenvalue weighted by atomic mass is 79.9. The molecule has 2 aromatic carbocycles. The van der Waals surface area contributed by atoms with E-state index in [1.54, 1.807) is 6.07 Å². The van der Waals surface area contributed by atoms with E-state index in [9.17, 15) is 14.4 Å². The van der Waals surface area contributed by atoms with Crippen molar-refractivity contribution in [1.29, 1.82) is 0 Å². The highest BCUT2D eigenvalue weighted by molar-refractivity contribution is 9.10. The molecule has 0 spiro atoms. The first-order chi connectivity index (χ1) is 19.4. The van der Waals surface area contributed by atoms with Gasteiger partial charge in [0, 0.05) is 20.0 Å². The van der Waals surface area contributed by atoms with Crippen LogP contribution in [0.5, 0.6) is 0 Å². The monoisotopic (exact) mass is 613 g/mol. The summed E-state index contributed by atoms with van der Waals surface area (Å²) in [6.07, 6.45) is -0.515. The summed E-state index contributed by atoms with van der Waals surface area (Å²) in [5.74, 6) is -1.22. The number of carbonyl (C=O) groups excluding carboxylic acids is 3. The molecular formula is C30H32BrNO8. The minimum Gasteiger partial charge on any atom is -0.461 e. The first-order valence-electron chi connectivity index (χ1n) is 13.1. The van der Waals surface area contributed by atoms with Gasteiger partial charge in [-0.1, -0.05) is 60.7 Å². The second-order valence-corrected chi connectivity index (χ2v) is 10.3. The molecule has 0 bridgehead atoms. The lowest BCUT2D eigenvalue weighted by atomic mass is 9.90. The van der Waals surface area contributed by atoms with Crippen LogP contribution in [0.2, 0.25) is 0 Å². The average molecular weight is 614 g/mol. The molecule has 4 rings (SSSR count). The number of amides is 2. The number of aliphatic hydroxyl groups is 1. The van der Waals surface area contributed by atoms with E-state index in [0.29, 0.717) is 29.7 Å². The Balaban J connectivity index is 1.68. The van der Waals surface area contributed by atoms with E-state index in [0.717, 1.165) is 16.0 Å². The van der Waals surface area contributed by atoms with E-state index in [1.807, 2.05) is 60.7 Å². The maximum Gasteiger partial charge on any atom is 0.417 e. The van der Waals surface area contributed by atoms with Crippen molar-refractivity contribution >= 4 is 33.9 Å². The number of halogens is 1. The Bertz CT molecular complexity index is 1280. The number of ether oxygens (including phenoxy) is 3. The standard InChI is InChI=1S/C30H32BrNO8/c1-20(34)39-28(27-18-24(31)26(40-27)13-8-15-37-16-14-33)23(17-21-9-4-2-5-10-21)29(35)32-25(19-38-30(32)36)22-11-6-3-7-12-22/h2-7,9-12,18,23,25,28,33H,8,13-17,19H2,1H3/t23-,25+,28-/m0/s1. The second kappa shape index (κ2) is 14.2. The van der Waals surface area contributed by atoms with Gasteiger partial charge in [0.2, 0.25) is 5.91 Å². The summed E-state index contributed by atoms with van der Waals surface area (Å²) >= 11 is 3.52. The predicted molar refractivity (Wildman–Crippen MR) is 148 cm³/mol. The maximum atomic E-state index is 14.2. The van der Waals surface area contributed by atoms with Crippen LogP contribution in [0.1, 0.15) is 48.1 Å². The van der Waals surface area contributed by atoms with Gasteiger partial charge in [-0.2, -0.15) is 0 Å². The van der Waals surface area contributed by atoms with Gasteiger partial charge >= 0.3 is 12.1 Å². The van der Waals surface area contributed by atoms with Gasteiger partial charge in [-0.15, -0.1) is 0 Å². The van der Waals surface area contributed by atoms with Crippen molar-refractivity contribution in [3.8, 4) is 0 Å². The van der Waals surface area contributed by atoms with Crippen molar-refractivity contribution in [2.24, 2.45) is 5.92 Å². The third kappa shape index (κ3) is 7.38. The van der Waals surface area contributed by atoms with Gasteiger partial charge in [0.25, 0.3) is 0 Å². The van der Waals surface area contributed by atoms with Crippen LogP contribution in [-0.4, -0.2) is 54.4 Å². The summed E-state index contributed by atoms with van der Waals surface area (Å²) in [4.78, 5) is 40.6. The summed E-state index contributed by atoms with van der Waals surface area (Å²) in [6, 6.07) is 19.6. The van der Waals surface area contributed by atoms with Crippen LogP contribution in [-0.2, 0) is 36.6 Å². The van der Waals surface area contributed by atoms with Crippen molar-refractivity contribution in [2.45, 2.75) is 38.3 Å². The van der Waals surface area contributed by atoms with Crippen LogP contribution in [0.25, 0.3) is 0 Å². The van der Waals surface area contributed by atoms with Gasteiger partial charge in [0.15, 0.2) is 6.10 Å². The van der Waals surface area contributed by atoms with Gasteiger partial charge in [0.1, 0.15) is 24.2 Å². The molecule has 10 heteroatoms. The summed E-state index contributed by atoms with van der Waals surface area (Å²) in [5.41, 5.74) is 1.59. The molecule has 1 aromatic heterocycles. The third-order valence-corrected chi connectivity index (χ3v) is 7.22. The number of esters is 1. The zero-order valence-electron chi connectivity index (χ0n) is 22.2. The zero-order chi connectivity index (χ0) is 28.5. The second-order valence-electron chi connectivity index (χ2n) is 9.40. The minimum absolute atomic E-state index is 0.0275. The molecule has 1 saturated heterocycles. The van der Waals surface area contributed by atoms with Crippen LogP contribution in [0, 0.1) is 5.92 Å². The van der Waals surface area contributed by atoms with Gasteiger partial charge < -0.3 is 23.7 Å². The number of aryl methyl sites for hydroxylation is 1. The molecule has 1 fully saturated rings. The molecule has 1 aliphatic rings. The normalized spacial score (nSPS) is 16.4. The first-order valence-corrected chi connectivity index (χ1v) is 13.9. The summed E-state index contributed by atoms with van der Waals surface area (Å²) < 4.78 is 23.2. The Morgan fingerprint density at radius 1 is 1.10 bits per heavy atom. The number of nitrogens with zero attached hydrogens (tertiary/aromatic N) is 1. The van der Waals surface area contributed by atoms with Gasteiger partial charge in [-0.25, -0.2) is 9.69 Å². The lowest BCUT2D eigenvalue weighted by Gasteiger charge is -2.29. The van der Waals surface area contributed by atoms with Crippen molar-refractivity contribution in [2.75, 3.05) is 26.4 Å². The molecule has 0 unspecified atom stereocenters. The summed E-state index contributed by atoms with van der Waals surface area (Å²) in [7, 11) is 0. The zero-order valence-corrected chi connectivity index (χ0v) is 23.7. The molecule has 0 radical (unpaired) electrons. The number of furan rings is 1. The fourth-order valence-corrected chi connectivity index (χ4v) is 5.22. The quantitative estimate of drug-likeness (QED) is 0.207. The Morgan fingerprint density at radius 3 is 2.48 bits per heavy atom. The molecule has 9 nitrogen and oxygen atoms in total. The predicted octanol–water partition coefficient (Wildman–Crippen LogP) is 5.17. The maximum absolute atomic E-state index is 14.2. The number of hydrogen-bond donors (Lipinski definition) is 1. The average Bonchev–Trinajstić information content (AvgIpc) is 3.53. The number of benzene rings is 2. The molecule has 1 aliphatic heterocycles. The number of cyclic esters (lactones) is 1. The molecular weight excluding hydrogens is 582 g/mol. The summed E-state index contributed by atoms with van der Waals surface area (Å²) in [6.45, 7) is 1.94. The van der Waals surface area contributed by atoms with Crippen LogP contribution in [0.4, 0.5) is 4.79 Å². The molecule has 0 saturated carbocycles. The van der Waals surface area contributed by atoms with Crippen molar-refractivity contribution in [3.63, 3.8) is 0 Å². The van der Waals surface area contributed by atoms with Gasteiger partial charge in [-0.3, -0.25) is 9.59 Å². The lowest BCUT2D eigenvalue weighted by Crippen LogP contribution is -2.42. The van der Waals surface area contributed by atoms with Crippen LogP contribution in [0.15, 0.2) is 75.6 Å². The summed E-state index contributed by atoms with van der Waals surface area (Å²) in [5, 5.41) is 8.89.